The molecule has 0 fully saturated rings. The molecule has 0 aromatic heterocycles. The first-order chi connectivity index (χ1) is 11.4. The number of hydrogen-bond acceptors (Lipinski definition) is 5. The SMILES string of the molecule is COc1cc(Cl)c(C)cc1NC(=O)COC(=O)c1ccc(O)cc1. The maximum atomic E-state index is 11.9. The summed E-state index contributed by atoms with van der Waals surface area (Å²) < 4.78 is 10.1. The lowest BCUT2D eigenvalue weighted by Crippen LogP contribution is -2.21. The van der Waals surface area contributed by atoms with E-state index in [1.807, 2.05) is 0 Å². The van der Waals surface area contributed by atoms with Crippen LogP contribution in [0.2, 0.25) is 5.02 Å². The van der Waals surface area contributed by atoms with E-state index in [1.54, 1.807) is 19.1 Å². The molecular weight excluding hydrogens is 334 g/mol. The van der Waals surface area contributed by atoms with Crippen LogP contribution in [0, 0.1) is 6.92 Å². The molecule has 2 aromatic carbocycles. The number of phenolic OH excluding ortho intramolecular Hbond substituents is 1. The number of halogens is 1. The summed E-state index contributed by atoms with van der Waals surface area (Å²) >= 11 is 6.00. The lowest BCUT2D eigenvalue weighted by molar-refractivity contribution is -0.119. The van der Waals surface area contributed by atoms with Crippen molar-refractivity contribution < 1.29 is 24.2 Å². The van der Waals surface area contributed by atoms with Crippen LogP contribution in [0.1, 0.15) is 15.9 Å². The van der Waals surface area contributed by atoms with Gasteiger partial charge in [-0.05, 0) is 42.8 Å². The Balaban J connectivity index is 1.97. The molecule has 7 heteroatoms. The molecule has 126 valence electrons. The van der Waals surface area contributed by atoms with E-state index in [9.17, 15) is 14.7 Å². The van der Waals surface area contributed by atoms with E-state index in [2.05, 4.69) is 5.32 Å². The molecule has 0 aliphatic rings. The lowest BCUT2D eigenvalue weighted by atomic mass is 10.2. The van der Waals surface area contributed by atoms with Crippen LogP contribution in [0.25, 0.3) is 0 Å². The molecule has 0 radical (unpaired) electrons. The van der Waals surface area contributed by atoms with Gasteiger partial charge in [-0.25, -0.2) is 4.79 Å². The first-order valence-corrected chi connectivity index (χ1v) is 7.38. The van der Waals surface area contributed by atoms with E-state index >= 15 is 0 Å². The molecule has 2 aromatic rings. The highest BCUT2D eigenvalue weighted by molar-refractivity contribution is 6.31. The highest BCUT2D eigenvalue weighted by Crippen LogP contribution is 2.30. The number of amides is 1. The van der Waals surface area contributed by atoms with Crippen LogP contribution < -0.4 is 10.1 Å². The predicted octanol–water partition coefficient (Wildman–Crippen LogP) is 3.16. The van der Waals surface area contributed by atoms with E-state index in [0.717, 1.165) is 5.56 Å². The fourth-order valence-electron chi connectivity index (χ4n) is 1.93. The molecule has 0 aliphatic heterocycles. The van der Waals surface area contributed by atoms with Crippen molar-refractivity contribution in [2.24, 2.45) is 0 Å². The molecule has 2 N–H and O–H groups in total. The zero-order chi connectivity index (χ0) is 17.7. The summed E-state index contributed by atoms with van der Waals surface area (Å²) in [7, 11) is 1.46. The highest BCUT2D eigenvalue weighted by Gasteiger charge is 2.13. The zero-order valence-electron chi connectivity index (χ0n) is 13.1. The standard InChI is InChI=1S/C17H16ClNO5/c1-10-7-14(15(23-2)8-13(10)18)19-16(21)9-24-17(22)11-3-5-12(20)6-4-11/h3-8,20H,9H2,1-2H3,(H,19,21). The minimum absolute atomic E-state index is 0.0366. The number of methoxy groups -OCH3 is 1. The molecule has 0 aliphatic carbocycles. The zero-order valence-corrected chi connectivity index (χ0v) is 13.9. The minimum atomic E-state index is -0.663. The van der Waals surface area contributed by atoms with Gasteiger partial charge in [0.2, 0.25) is 0 Å². The third kappa shape index (κ3) is 4.39. The number of rotatable bonds is 5. The van der Waals surface area contributed by atoms with Gasteiger partial charge in [0.05, 0.1) is 18.4 Å². The van der Waals surface area contributed by atoms with Crippen molar-refractivity contribution in [3.8, 4) is 11.5 Å². The summed E-state index contributed by atoms with van der Waals surface area (Å²) in [4.78, 5) is 23.8. The quantitative estimate of drug-likeness (QED) is 0.810. The minimum Gasteiger partial charge on any atom is -0.508 e. The summed E-state index contributed by atoms with van der Waals surface area (Å²) in [5.41, 5.74) is 1.44. The number of aryl methyl sites for hydroxylation is 1. The average Bonchev–Trinajstić information content (AvgIpc) is 2.56. The number of carbonyl (C=O) groups is 2. The first kappa shape index (κ1) is 17.6. The number of nitrogens with one attached hydrogen (secondary N) is 1. The van der Waals surface area contributed by atoms with Crippen molar-refractivity contribution in [3.05, 3.63) is 52.5 Å². The molecule has 2 rings (SSSR count). The van der Waals surface area contributed by atoms with Gasteiger partial charge in [0, 0.05) is 11.1 Å². The summed E-state index contributed by atoms with van der Waals surface area (Å²) in [6.45, 7) is 1.34. The Bertz CT molecular complexity index is 758. The number of benzene rings is 2. The normalized spacial score (nSPS) is 10.1. The van der Waals surface area contributed by atoms with Crippen molar-refractivity contribution >= 4 is 29.2 Å². The van der Waals surface area contributed by atoms with E-state index in [0.29, 0.717) is 16.5 Å². The van der Waals surface area contributed by atoms with Gasteiger partial charge in [-0.2, -0.15) is 0 Å². The lowest BCUT2D eigenvalue weighted by Gasteiger charge is -2.12. The van der Waals surface area contributed by atoms with Crippen LogP contribution in [0.5, 0.6) is 11.5 Å². The van der Waals surface area contributed by atoms with Gasteiger partial charge in [0.1, 0.15) is 11.5 Å². The Kier molecular flexibility index (Phi) is 5.65. The number of hydrogen-bond donors (Lipinski definition) is 2. The smallest absolute Gasteiger partial charge is 0.338 e. The van der Waals surface area contributed by atoms with Gasteiger partial charge >= 0.3 is 5.97 Å². The van der Waals surface area contributed by atoms with Crippen molar-refractivity contribution in [3.63, 3.8) is 0 Å². The number of carbonyl (C=O) groups excluding carboxylic acids is 2. The van der Waals surface area contributed by atoms with Gasteiger partial charge in [-0.15, -0.1) is 0 Å². The van der Waals surface area contributed by atoms with Crippen LogP contribution in [-0.2, 0) is 9.53 Å². The van der Waals surface area contributed by atoms with Crippen LogP contribution >= 0.6 is 11.6 Å². The number of esters is 1. The molecular formula is C17H16ClNO5. The van der Waals surface area contributed by atoms with Crippen LogP contribution in [-0.4, -0.2) is 30.7 Å². The van der Waals surface area contributed by atoms with Gasteiger partial charge < -0.3 is 19.9 Å². The van der Waals surface area contributed by atoms with E-state index in [1.165, 1.54) is 31.4 Å². The fourth-order valence-corrected chi connectivity index (χ4v) is 2.08. The Morgan fingerprint density at radius 3 is 2.50 bits per heavy atom. The molecule has 0 spiro atoms. The van der Waals surface area contributed by atoms with E-state index in [-0.39, 0.29) is 11.3 Å². The van der Waals surface area contributed by atoms with Crippen molar-refractivity contribution in [1.82, 2.24) is 0 Å². The molecule has 24 heavy (non-hydrogen) atoms. The van der Waals surface area contributed by atoms with Gasteiger partial charge in [-0.1, -0.05) is 11.6 Å². The van der Waals surface area contributed by atoms with E-state index < -0.39 is 18.5 Å². The second-order valence-electron chi connectivity index (χ2n) is 4.97. The van der Waals surface area contributed by atoms with Crippen LogP contribution in [0.15, 0.2) is 36.4 Å². The first-order valence-electron chi connectivity index (χ1n) is 7.01. The molecule has 6 nitrogen and oxygen atoms in total. The monoisotopic (exact) mass is 349 g/mol. The van der Waals surface area contributed by atoms with Crippen LogP contribution in [0.4, 0.5) is 5.69 Å². The second-order valence-corrected chi connectivity index (χ2v) is 5.38. The topological polar surface area (TPSA) is 84.9 Å². The Labute approximate surface area is 144 Å². The Hall–Kier alpha value is -2.73. The molecule has 1 amide bonds. The summed E-state index contributed by atoms with van der Waals surface area (Å²) in [6.07, 6.45) is 0. The van der Waals surface area contributed by atoms with Gasteiger partial charge in [-0.3, -0.25) is 4.79 Å². The van der Waals surface area contributed by atoms with E-state index in [4.69, 9.17) is 21.1 Å². The Morgan fingerprint density at radius 2 is 1.88 bits per heavy atom. The maximum Gasteiger partial charge on any atom is 0.338 e. The third-order valence-corrected chi connectivity index (χ3v) is 3.60. The van der Waals surface area contributed by atoms with Crippen molar-refractivity contribution in [2.75, 3.05) is 19.0 Å². The second kappa shape index (κ2) is 7.70. The third-order valence-electron chi connectivity index (χ3n) is 3.19. The molecule has 0 atom stereocenters. The average molecular weight is 350 g/mol. The number of anilines is 1. The summed E-state index contributed by atoms with van der Waals surface area (Å²) in [6, 6.07) is 8.79. The summed E-state index contributed by atoms with van der Waals surface area (Å²) in [5.74, 6) is -0.732. The van der Waals surface area contributed by atoms with Gasteiger partial charge in [0.15, 0.2) is 6.61 Å². The van der Waals surface area contributed by atoms with Crippen molar-refractivity contribution in [1.29, 1.82) is 0 Å². The van der Waals surface area contributed by atoms with Crippen molar-refractivity contribution in [2.45, 2.75) is 6.92 Å². The summed E-state index contributed by atoms with van der Waals surface area (Å²) in [5, 5.41) is 12.3. The maximum absolute atomic E-state index is 11.9. The predicted molar refractivity (Wildman–Crippen MR) is 89.8 cm³/mol. The number of aromatic hydroxyl groups is 1. The fraction of sp³-hybridized carbons (Fsp3) is 0.176. The number of ether oxygens (including phenoxy) is 2. The molecule has 0 bridgehead atoms. The highest BCUT2D eigenvalue weighted by atomic mass is 35.5. The molecule has 0 unspecified atom stereocenters. The largest absolute Gasteiger partial charge is 0.508 e. The van der Waals surface area contributed by atoms with Gasteiger partial charge in [0.25, 0.3) is 5.91 Å². The molecule has 0 saturated heterocycles. The molecule has 0 heterocycles. The van der Waals surface area contributed by atoms with Crippen LogP contribution in [0.3, 0.4) is 0 Å². The number of phenols is 1. The Morgan fingerprint density at radius 1 is 1.21 bits per heavy atom. The molecule has 0 saturated carbocycles.